The number of halogens is 1. The van der Waals surface area contributed by atoms with E-state index < -0.39 is 0 Å². The van der Waals surface area contributed by atoms with E-state index in [9.17, 15) is 0 Å². The first-order chi connectivity index (χ1) is 8.24. The van der Waals surface area contributed by atoms with Crippen LogP contribution in [-0.4, -0.2) is 12.4 Å². The van der Waals surface area contributed by atoms with Crippen molar-refractivity contribution in [2.45, 2.75) is 46.1 Å². The molecule has 0 amide bonds. The molecule has 0 aliphatic heterocycles. The van der Waals surface area contributed by atoms with E-state index in [2.05, 4.69) is 37.4 Å². The van der Waals surface area contributed by atoms with Crippen molar-refractivity contribution < 1.29 is 0 Å². The lowest BCUT2D eigenvalue weighted by Crippen LogP contribution is -2.14. The summed E-state index contributed by atoms with van der Waals surface area (Å²) in [5.74, 6) is 0.802. The van der Waals surface area contributed by atoms with Crippen molar-refractivity contribution >= 4 is 11.6 Å². The van der Waals surface area contributed by atoms with Crippen LogP contribution in [0, 0.1) is 13.8 Å². The summed E-state index contributed by atoms with van der Waals surface area (Å²) in [5.41, 5.74) is 4.13. The second kappa shape index (κ2) is 8.54. The van der Waals surface area contributed by atoms with Gasteiger partial charge in [-0.3, -0.25) is 0 Å². The molecule has 0 fully saturated rings. The normalized spacial score (nSPS) is 10.8. The highest BCUT2D eigenvalue weighted by molar-refractivity contribution is 6.17. The van der Waals surface area contributed by atoms with E-state index in [4.69, 9.17) is 11.6 Å². The Balaban J connectivity index is 2.11. The number of aryl methyl sites for hydroxylation is 2. The van der Waals surface area contributed by atoms with Crippen LogP contribution in [0.15, 0.2) is 18.2 Å². The molecule has 0 spiro atoms. The number of hydrogen-bond donors (Lipinski definition) is 1. The molecule has 0 aliphatic rings. The van der Waals surface area contributed by atoms with Crippen LogP contribution in [0.25, 0.3) is 0 Å². The van der Waals surface area contributed by atoms with Gasteiger partial charge in [-0.2, -0.15) is 0 Å². The highest BCUT2D eigenvalue weighted by Crippen LogP contribution is 2.09. The highest BCUT2D eigenvalue weighted by Gasteiger charge is 1.96. The lowest BCUT2D eigenvalue weighted by Gasteiger charge is -2.07. The van der Waals surface area contributed by atoms with Crippen LogP contribution in [0.1, 0.15) is 42.4 Å². The van der Waals surface area contributed by atoms with E-state index in [0.29, 0.717) is 0 Å². The van der Waals surface area contributed by atoms with E-state index in [1.165, 1.54) is 36.0 Å². The van der Waals surface area contributed by atoms with E-state index in [-0.39, 0.29) is 0 Å². The van der Waals surface area contributed by atoms with Gasteiger partial charge in [-0.25, -0.2) is 0 Å². The van der Waals surface area contributed by atoms with Crippen LogP contribution in [0.5, 0.6) is 0 Å². The lowest BCUT2D eigenvalue weighted by molar-refractivity contribution is 0.599. The number of unbranched alkanes of at least 4 members (excludes halogenated alkanes) is 3. The Kier molecular flexibility index (Phi) is 7.30. The molecule has 0 heterocycles. The fraction of sp³-hybridized carbons (Fsp3) is 0.600. The van der Waals surface area contributed by atoms with Gasteiger partial charge in [-0.15, -0.1) is 11.6 Å². The third-order valence-electron chi connectivity index (χ3n) is 3.14. The Morgan fingerprint density at radius 2 is 1.76 bits per heavy atom. The first-order valence-corrected chi connectivity index (χ1v) is 7.10. The fourth-order valence-corrected chi connectivity index (χ4v) is 2.03. The van der Waals surface area contributed by atoms with Crippen molar-refractivity contribution in [2.75, 3.05) is 12.4 Å². The molecule has 1 rings (SSSR count). The van der Waals surface area contributed by atoms with Gasteiger partial charge in [-0.1, -0.05) is 31.0 Å². The molecule has 0 saturated carbocycles. The van der Waals surface area contributed by atoms with E-state index in [1.54, 1.807) is 0 Å². The molecular weight excluding hydrogens is 230 g/mol. The summed E-state index contributed by atoms with van der Waals surface area (Å²) in [6.45, 7) is 6.42. The van der Waals surface area contributed by atoms with Crippen LogP contribution in [0.2, 0.25) is 0 Å². The molecule has 0 aliphatic carbocycles. The summed E-state index contributed by atoms with van der Waals surface area (Å²) in [6, 6.07) is 6.69. The van der Waals surface area contributed by atoms with Gasteiger partial charge >= 0.3 is 0 Å². The lowest BCUT2D eigenvalue weighted by atomic mass is 10.1. The SMILES string of the molecule is Cc1ccc(CNCCCCCCCl)cc1C. The molecule has 0 radical (unpaired) electrons. The smallest absolute Gasteiger partial charge is 0.0223 e. The van der Waals surface area contributed by atoms with Crippen molar-refractivity contribution in [3.63, 3.8) is 0 Å². The van der Waals surface area contributed by atoms with Crippen LogP contribution in [0.3, 0.4) is 0 Å². The van der Waals surface area contributed by atoms with Gasteiger partial charge < -0.3 is 5.32 Å². The fourth-order valence-electron chi connectivity index (χ4n) is 1.84. The number of nitrogens with one attached hydrogen (secondary N) is 1. The van der Waals surface area contributed by atoms with Gasteiger partial charge in [0.2, 0.25) is 0 Å². The molecular formula is C15H24ClN. The minimum Gasteiger partial charge on any atom is -0.313 e. The van der Waals surface area contributed by atoms with Crippen molar-refractivity contribution in [3.05, 3.63) is 34.9 Å². The van der Waals surface area contributed by atoms with Gasteiger partial charge in [0.15, 0.2) is 0 Å². The van der Waals surface area contributed by atoms with Gasteiger partial charge in [-0.05, 0) is 49.9 Å². The van der Waals surface area contributed by atoms with Crippen LogP contribution >= 0.6 is 11.6 Å². The Labute approximate surface area is 111 Å². The van der Waals surface area contributed by atoms with Crippen molar-refractivity contribution in [2.24, 2.45) is 0 Å². The average Bonchev–Trinajstić information content (AvgIpc) is 2.32. The highest BCUT2D eigenvalue weighted by atomic mass is 35.5. The summed E-state index contributed by atoms with van der Waals surface area (Å²) in [4.78, 5) is 0. The van der Waals surface area contributed by atoms with Gasteiger partial charge in [0.1, 0.15) is 0 Å². The molecule has 1 aromatic rings. The molecule has 1 nitrogen and oxygen atoms in total. The quantitative estimate of drug-likeness (QED) is 0.541. The van der Waals surface area contributed by atoms with E-state index in [0.717, 1.165) is 25.4 Å². The Bertz CT molecular complexity index is 323. The molecule has 0 saturated heterocycles. The molecule has 0 atom stereocenters. The minimum absolute atomic E-state index is 0.802. The third-order valence-corrected chi connectivity index (χ3v) is 3.40. The molecule has 0 unspecified atom stereocenters. The topological polar surface area (TPSA) is 12.0 Å². The van der Waals surface area contributed by atoms with Crippen LogP contribution in [0.4, 0.5) is 0 Å². The van der Waals surface area contributed by atoms with Gasteiger partial charge in [0, 0.05) is 12.4 Å². The largest absolute Gasteiger partial charge is 0.313 e. The summed E-state index contributed by atoms with van der Waals surface area (Å²) in [6.07, 6.45) is 4.95. The summed E-state index contributed by atoms with van der Waals surface area (Å²) in [7, 11) is 0. The molecule has 0 aromatic heterocycles. The Morgan fingerprint density at radius 1 is 1.00 bits per heavy atom. The standard InChI is InChI=1S/C15H24ClN/c1-13-7-8-15(11-14(13)2)12-17-10-6-4-3-5-9-16/h7-8,11,17H,3-6,9-10,12H2,1-2H3. The maximum atomic E-state index is 5.63. The Morgan fingerprint density at radius 3 is 2.47 bits per heavy atom. The van der Waals surface area contributed by atoms with E-state index in [1.807, 2.05) is 0 Å². The molecule has 1 N–H and O–H groups in total. The number of hydrogen-bond acceptors (Lipinski definition) is 1. The summed E-state index contributed by atoms with van der Waals surface area (Å²) >= 11 is 5.63. The molecule has 0 bridgehead atoms. The third kappa shape index (κ3) is 6.09. The maximum absolute atomic E-state index is 5.63. The predicted octanol–water partition coefficient (Wildman–Crippen LogP) is 4.19. The van der Waals surface area contributed by atoms with Crippen LogP contribution in [-0.2, 0) is 6.54 Å². The molecule has 2 heteroatoms. The first-order valence-electron chi connectivity index (χ1n) is 6.57. The number of benzene rings is 1. The first kappa shape index (κ1) is 14.5. The minimum atomic E-state index is 0.802. The van der Waals surface area contributed by atoms with Gasteiger partial charge in [0.05, 0.1) is 0 Å². The van der Waals surface area contributed by atoms with Crippen LogP contribution < -0.4 is 5.32 Å². The molecule has 1 aromatic carbocycles. The molecule has 96 valence electrons. The van der Waals surface area contributed by atoms with Gasteiger partial charge in [0.25, 0.3) is 0 Å². The second-order valence-corrected chi connectivity index (χ2v) is 5.08. The predicted molar refractivity (Wildman–Crippen MR) is 76.8 cm³/mol. The zero-order valence-corrected chi connectivity index (χ0v) is 11.8. The van der Waals surface area contributed by atoms with Crippen molar-refractivity contribution in [1.29, 1.82) is 0 Å². The average molecular weight is 254 g/mol. The maximum Gasteiger partial charge on any atom is 0.0223 e. The zero-order chi connectivity index (χ0) is 12.5. The zero-order valence-electron chi connectivity index (χ0n) is 11.1. The summed E-state index contributed by atoms with van der Waals surface area (Å²) in [5, 5.41) is 3.49. The summed E-state index contributed by atoms with van der Waals surface area (Å²) < 4.78 is 0. The monoisotopic (exact) mass is 253 g/mol. The van der Waals surface area contributed by atoms with Crippen molar-refractivity contribution in [1.82, 2.24) is 5.32 Å². The second-order valence-electron chi connectivity index (χ2n) is 4.70. The molecule has 17 heavy (non-hydrogen) atoms. The Hall–Kier alpha value is -0.530. The van der Waals surface area contributed by atoms with Crippen molar-refractivity contribution in [3.8, 4) is 0 Å². The number of alkyl halides is 1. The van der Waals surface area contributed by atoms with E-state index >= 15 is 0 Å². The number of rotatable bonds is 8.